The summed E-state index contributed by atoms with van der Waals surface area (Å²) in [5.74, 6) is -0.0544. The Balaban J connectivity index is 0.00000200. The molecule has 0 saturated heterocycles. The number of nitrogens with two attached hydrogens (primary N) is 1. The fourth-order valence-electron chi connectivity index (χ4n) is 1.60. The van der Waals surface area contributed by atoms with Crippen molar-refractivity contribution >= 4 is 18.3 Å². The van der Waals surface area contributed by atoms with Crippen LogP contribution in [0.25, 0.3) is 5.69 Å². The van der Waals surface area contributed by atoms with Crippen LogP contribution in [0.3, 0.4) is 0 Å². The van der Waals surface area contributed by atoms with Crippen LogP contribution in [0.4, 0.5) is 0 Å². The van der Waals surface area contributed by atoms with Gasteiger partial charge in [-0.05, 0) is 41.6 Å². The van der Waals surface area contributed by atoms with Gasteiger partial charge < -0.3 is 10.6 Å². The molecule has 0 radical (unpaired) electrons. The molecule has 1 amide bonds. The molecule has 0 aliphatic carbocycles. The van der Waals surface area contributed by atoms with Gasteiger partial charge in [0, 0.05) is 25.2 Å². The topological polar surface area (TPSA) is 89.9 Å². The maximum absolute atomic E-state index is 12.2. The lowest BCUT2D eigenvalue weighted by molar-refractivity contribution is 0.0748. The summed E-state index contributed by atoms with van der Waals surface area (Å²) in [5, 5.41) is 10.9. The van der Waals surface area contributed by atoms with Crippen LogP contribution in [0.1, 0.15) is 17.3 Å². The van der Waals surface area contributed by atoms with Crippen molar-refractivity contribution in [2.75, 3.05) is 13.6 Å². The Morgan fingerprint density at radius 1 is 1.40 bits per heavy atom. The quantitative estimate of drug-likeness (QED) is 0.887. The van der Waals surface area contributed by atoms with Crippen LogP contribution in [-0.4, -0.2) is 50.6 Å². The first-order chi connectivity index (χ1) is 9.13. The minimum absolute atomic E-state index is 0. The number of rotatable bonds is 4. The van der Waals surface area contributed by atoms with Crippen molar-refractivity contribution in [1.29, 1.82) is 0 Å². The number of halogens is 1. The second-order valence-corrected chi connectivity index (χ2v) is 4.30. The molecule has 108 valence electrons. The molecular formula is C12H17ClN6O. The van der Waals surface area contributed by atoms with Crippen LogP contribution < -0.4 is 5.73 Å². The molecule has 7 nitrogen and oxygen atoms in total. The van der Waals surface area contributed by atoms with Crippen molar-refractivity contribution in [3.8, 4) is 5.69 Å². The standard InChI is InChI=1S/C12H16N6O.ClH/c1-9(7-13)17(2)12(19)10-3-5-11(6-4-10)18-8-14-15-16-18;/h3-6,8-9H,7,13H2,1-2H3;1H. The molecule has 0 bridgehead atoms. The lowest BCUT2D eigenvalue weighted by Gasteiger charge is -2.23. The van der Waals surface area contributed by atoms with E-state index < -0.39 is 0 Å². The van der Waals surface area contributed by atoms with Gasteiger partial charge in [-0.15, -0.1) is 17.5 Å². The van der Waals surface area contributed by atoms with Crippen molar-refractivity contribution < 1.29 is 4.79 Å². The van der Waals surface area contributed by atoms with E-state index in [1.54, 1.807) is 36.2 Å². The molecule has 2 rings (SSSR count). The Morgan fingerprint density at radius 3 is 2.55 bits per heavy atom. The molecular weight excluding hydrogens is 280 g/mol. The molecule has 8 heteroatoms. The maximum Gasteiger partial charge on any atom is 0.253 e. The van der Waals surface area contributed by atoms with Crippen molar-refractivity contribution in [2.24, 2.45) is 5.73 Å². The largest absolute Gasteiger partial charge is 0.338 e. The van der Waals surface area contributed by atoms with E-state index in [0.717, 1.165) is 5.69 Å². The smallest absolute Gasteiger partial charge is 0.253 e. The normalized spacial score (nSPS) is 11.6. The fraction of sp³-hybridized carbons (Fsp3) is 0.333. The summed E-state index contributed by atoms with van der Waals surface area (Å²) in [6, 6.07) is 7.10. The fourth-order valence-corrected chi connectivity index (χ4v) is 1.60. The van der Waals surface area contributed by atoms with E-state index >= 15 is 0 Å². The highest BCUT2D eigenvalue weighted by atomic mass is 35.5. The number of benzene rings is 1. The van der Waals surface area contributed by atoms with Gasteiger partial charge in [-0.3, -0.25) is 4.79 Å². The highest BCUT2D eigenvalue weighted by molar-refractivity contribution is 5.94. The number of tetrazole rings is 1. The van der Waals surface area contributed by atoms with Crippen LogP contribution >= 0.6 is 12.4 Å². The number of nitrogens with zero attached hydrogens (tertiary/aromatic N) is 5. The minimum Gasteiger partial charge on any atom is -0.338 e. The van der Waals surface area contributed by atoms with Crippen molar-refractivity contribution in [3.05, 3.63) is 36.2 Å². The number of aromatic nitrogens is 4. The van der Waals surface area contributed by atoms with E-state index in [-0.39, 0.29) is 24.4 Å². The molecule has 0 aliphatic heterocycles. The summed E-state index contributed by atoms with van der Waals surface area (Å²) in [7, 11) is 1.75. The van der Waals surface area contributed by atoms with Crippen LogP contribution in [0, 0.1) is 0 Å². The van der Waals surface area contributed by atoms with Gasteiger partial charge in [-0.2, -0.15) is 0 Å². The number of carbonyl (C=O) groups excluding carboxylic acids is 1. The van der Waals surface area contributed by atoms with Gasteiger partial charge in [0.15, 0.2) is 0 Å². The van der Waals surface area contributed by atoms with Gasteiger partial charge in [0.1, 0.15) is 6.33 Å². The average molecular weight is 297 g/mol. The lowest BCUT2D eigenvalue weighted by Crippen LogP contribution is -2.39. The average Bonchev–Trinajstić information content (AvgIpc) is 2.99. The Hall–Kier alpha value is -1.99. The van der Waals surface area contributed by atoms with Gasteiger partial charge in [0.25, 0.3) is 5.91 Å². The third-order valence-electron chi connectivity index (χ3n) is 3.05. The first-order valence-corrected chi connectivity index (χ1v) is 5.94. The van der Waals surface area contributed by atoms with Gasteiger partial charge >= 0.3 is 0 Å². The molecule has 2 N–H and O–H groups in total. The predicted octanol–water partition coefficient (Wildman–Crippen LogP) is 0.503. The summed E-state index contributed by atoms with van der Waals surface area (Å²) in [4.78, 5) is 13.8. The van der Waals surface area contributed by atoms with Gasteiger partial charge in [-0.1, -0.05) is 0 Å². The van der Waals surface area contributed by atoms with Gasteiger partial charge in [0.2, 0.25) is 0 Å². The minimum atomic E-state index is -0.0544. The zero-order valence-corrected chi connectivity index (χ0v) is 12.1. The predicted molar refractivity (Wildman–Crippen MR) is 77.0 cm³/mol. The Bertz CT molecular complexity index is 542. The summed E-state index contributed by atoms with van der Waals surface area (Å²) in [5.41, 5.74) is 6.97. The highest BCUT2D eigenvalue weighted by Gasteiger charge is 2.16. The summed E-state index contributed by atoms with van der Waals surface area (Å²) >= 11 is 0. The van der Waals surface area contributed by atoms with Crippen molar-refractivity contribution in [3.63, 3.8) is 0 Å². The Labute approximate surface area is 123 Å². The van der Waals surface area contributed by atoms with Gasteiger partial charge in [0.05, 0.1) is 5.69 Å². The summed E-state index contributed by atoms with van der Waals surface area (Å²) < 4.78 is 1.53. The second-order valence-electron chi connectivity index (χ2n) is 4.30. The molecule has 1 aromatic carbocycles. The first-order valence-electron chi connectivity index (χ1n) is 5.94. The van der Waals surface area contributed by atoms with E-state index in [9.17, 15) is 4.79 Å². The molecule has 0 aliphatic rings. The molecule has 1 heterocycles. The van der Waals surface area contributed by atoms with E-state index in [2.05, 4.69) is 15.5 Å². The van der Waals surface area contributed by atoms with Crippen LogP contribution in [0.5, 0.6) is 0 Å². The highest BCUT2D eigenvalue weighted by Crippen LogP contribution is 2.10. The number of carbonyl (C=O) groups is 1. The number of likely N-dealkylation sites (N-methyl/N-ethyl adjacent to an activating group) is 1. The van der Waals surface area contributed by atoms with E-state index in [1.165, 1.54) is 11.0 Å². The zero-order valence-electron chi connectivity index (χ0n) is 11.3. The van der Waals surface area contributed by atoms with Crippen LogP contribution in [-0.2, 0) is 0 Å². The molecule has 20 heavy (non-hydrogen) atoms. The number of amides is 1. The van der Waals surface area contributed by atoms with Crippen molar-refractivity contribution in [2.45, 2.75) is 13.0 Å². The Morgan fingerprint density at radius 2 is 2.05 bits per heavy atom. The maximum atomic E-state index is 12.2. The molecule has 0 fully saturated rings. The third kappa shape index (κ3) is 3.31. The zero-order chi connectivity index (χ0) is 13.8. The monoisotopic (exact) mass is 296 g/mol. The van der Waals surface area contributed by atoms with E-state index in [0.29, 0.717) is 12.1 Å². The second kappa shape index (κ2) is 6.97. The molecule has 0 spiro atoms. The van der Waals surface area contributed by atoms with Crippen LogP contribution in [0.2, 0.25) is 0 Å². The first kappa shape index (κ1) is 16.1. The summed E-state index contributed by atoms with van der Waals surface area (Å²) in [6.45, 7) is 2.35. The van der Waals surface area contributed by atoms with Gasteiger partial charge in [-0.25, -0.2) is 4.68 Å². The Kier molecular flexibility index (Phi) is 5.60. The number of hydrogen-bond donors (Lipinski definition) is 1. The molecule has 1 unspecified atom stereocenters. The van der Waals surface area contributed by atoms with Crippen LogP contribution in [0.15, 0.2) is 30.6 Å². The van der Waals surface area contributed by atoms with Crippen molar-refractivity contribution in [1.82, 2.24) is 25.1 Å². The molecule has 1 atom stereocenters. The molecule has 2 aromatic rings. The van der Waals surface area contributed by atoms with E-state index in [4.69, 9.17) is 5.73 Å². The number of hydrogen-bond acceptors (Lipinski definition) is 5. The SMILES string of the molecule is CC(CN)N(C)C(=O)c1ccc(-n2cnnn2)cc1.Cl. The lowest BCUT2D eigenvalue weighted by atomic mass is 10.1. The third-order valence-corrected chi connectivity index (χ3v) is 3.05. The molecule has 0 saturated carbocycles. The molecule has 1 aromatic heterocycles. The van der Waals surface area contributed by atoms with E-state index in [1.807, 2.05) is 6.92 Å². The summed E-state index contributed by atoms with van der Waals surface area (Å²) in [6.07, 6.45) is 1.50.